The highest BCUT2D eigenvalue weighted by molar-refractivity contribution is 5.81. The lowest BCUT2D eigenvalue weighted by atomic mass is 9.47. The molecule has 1 spiro atoms. The van der Waals surface area contributed by atoms with Crippen molar-refractivity contribution >= 4 is 11.9 Å². The van der Waals surface area contributed by atoms with E-state index in [2.05, 4.69) is 0 Å². The van der Waals surface area contributed by atoms with Crippen molar-refractivity contribution in [1.82, 2.24) is 0 Å². The van der Waals surface area contributed by atoms with Crippen LogP contribution in [-0.4, -0.2) is 51.2 Å². The molecular weight excluding hydrogens is 404 g/mol. The van der Waals surface area contributed by atoms with Crippen LogP contribution in [0.5, 0.6) is 11.5 Å². The van der Waals surface area contributed by atoms with Gasteiger partial charge >= 0.3 is 11.9 Å². The maximum Gasteiger partial charge on any atom is 0.352 e. The van der Waals surface area contributed by atoms with Crippen molar-refractivity contribution in [2.75, 3.05) is 0 Å². The van der Waals surface area contributed by atoms with Crippen LogP contribution < -0.4 is 4.74 Å². The van der Waals surface area contributed by atoms with E-state index in [1.54, 1.807) is 12.1 Å². The molecule has 0 aromatic heterocycles. The third kappa shape index (κ3) is 2.61. The van der Waals surface area contributed by atoms with Crippen molar-refractivity contribution in [2.24, 2.45) is 5.92 Å². The molecule has 0 saturated heterocycles. The summed E-state index contributed by atoms with van der Waals surface area (Å²) in [4.78, 5) is 24.2. The van der Waals surface area contributed by atoms with Gasteiger partial charge < -0.3 is 29.5 Å². The molecule has 3 aliphatic carbocycles. The maximum absolute atomic E-state index is 12.6. The number of carbonyl (C=O) groups excluding carboxylic acids is 2. The Balaban J connectivity index is 1.51. The molecule has 0 radical (unpaired) electrons. The molecule has 1 heterocycles. The molecule has 3 N–H and O–H groups in total. The molecule has 1 fully saturated rings. The first-order chi connectivity index (χ1) is 14.7. The number of hydrogen-bond donors (Lipinski definition) is 3. The molecule has 0 unspecified atom stereocenters. The summed E-state index contributed by atoms with van der Waals surface area (Å²) in [5.41, 5.74) is 0.0201. The molecule has 1 aliphatic heterocycles. The van der Waals surface area contributed by atoms with Gasteiger partial charge in [-0.25, -0.2) is 9.59 Å². The van der Waals surface area contributed by atoms with Gasteiger partial charge in [-0.05, 0) is 63.2 Å². The van der Waals surface area contributed by atoms with Gasteiger partial charge in [-0.1, -0.05) is 12.5 Å². The van der Waals surface area contributed by atoms with Gasteiger partial charge in [-0.3, -0.25) is 0 Å². The van der Waals surface area contributed by atoms with Gasteiger partial charge in [0.2, 0.25) is 0 Å². The van der Waals surface area contributed by atoms with Crippen LogP contribution in [0, 0.1) is 5.92 Å². The summed E-state index contributed by atoms with van der Waals surface area (Å²) in [5.74, 6) is -1.07. The van der Waals surface area contributed by atoms with Crippen molar-refractivity contribution in [1.29, 1.82) is 0 Å². The van der Waals surface area contributed by atoms with Crippen LogP contribution in [0.2, 0.25) is 0 Å². The summed E-state index contributed by atoms with van der Waals surface area (Å²) in [6.45, 7) is 2.62. The minimum Gasteiger partial charge on any atom is -0.504 e. The molecule has 31 heavy (non-hydrogen) atoms. The predicted octanol–water partition coefficient (Wildman–Crippen LogP) is 1.62. The highest BCUT2D eigenvalue weighted by atomic mass is 16.6. The zero-order valence-corrected chi connectivity index (χ0v) is 17.5. The van der Waals surface area contributed by atoms with Crippen LogP contribution in [0.4, 0.5) is 0 Å². The lowest BCUT2D eigenvalue weighted by Gasteiger charge is -2.59. The molecule has 5 rings (SSSR count). The Labute approximate surface area is 179 Å². The van der Waals surface area contributed by atoms with E-state index in [0.29, 0.717) is 25.0 Å². The number of benzene rings is 1. The van der Waals surface area contributed by atoms with Crippen molar-refractivity contribution in [3.8, 4) is 11.5 Å². The van der Waals surface area contributed by atoms with Crippen LogP contribution in [0.15, 0.2) is 24.0 Å². The Morgan fingerprint density at radius 1 is 1.26 bits per heavy atom. The fourth-order valence-electron chi connectivity index (χ4n) is 6.05. The summed E-state index contributed by atoms with van der Waals surface area (Å²) in [6, 6.07) is 3.50. The minimum atomic E-state index is -1.35. The second-order valence-electron chi connectivity index (χ2n) is 9.12. The molecular formula is C23H26O8. The zero-order chi connectivity index (χ0) is 22.1. The van der Waals surface area contributed by atoms with Crippen LogP contribution in [0.25, 0.3) is 0 Å². The predicted molar refractivity (Wildman–Crippen MR) is 106 cm³/mol. The fraction of sp³-hybridized carbons (Fsp3) is 0.565. The molecule has 1 aromatic carbocycles. The van der Waals surface area contributed by atoms with E-state index in [1.807, 2.05) is 6.07 Å². The molecule has 1 aromatic rings. The smallest absolute Gasteiger partial charge is 0.352 e. The molecule has 4 aliphatic rings. The van der Waals surface area contributed by atoms with Crippen LogP contribution in [0.3, 0.4) is 0 Å². The minimum absolute atomic E-state index is 0.00111. The number of carbonyl (C=O) groups is 2. The SMILES string of the molecule is C[C@H](O)C(=O)O[C@@H](C)C(=O)OC1=CC[C@@]2(O)[C@@H]3CCC[C@@]24c2c(ccc(O)c2O[C@@H]14)C3. The third-order valence-corrected chi connectivity index (χ3v) is 7.45. The highest BCUT2D eigenvalue weighted by Crippen LogP contribution is 2.67. The molecule has 166 valence electrons. The summed E-state index contributed by atoms with van der Waals surface area (Å²) >= 11 is 0. The first-order valence-corrected chi connectivity index (χ1v) is 10.7. The number of phenolic OH excluding ortho intramolecular Hbond substituents is 1. The fourth-order valence-corrected chi connectivity index (χ4v) is 6.05. The first-order valence-electron chi connectivity index (χ1n) is 10.7. The monoisotopic (exact) mass is 430 g/mol. The lowest BCUT2D eigenvalue weighted by Crippen LogP contribution is -2.67. The van der Waals surface area contributed by atoms with E-state index < -0.39 is 41.3 Å². The average Bonchev–Trinajstić information content (AvgIpc) is 3.06. The molecule has 8 nitrogen and oxygen atoms in total. The van der Waals surface area contributed by atoms with Gasteiger partial charge in [0.05, 0.1) is 11.0 Å². The number of rotatable bonds is 4. The number of hydrogen-bond acceptors (Lipinski definition) is 8. The van der Waals surface area contributed by atoms with Gasteiger partial charge in [-0.2, -0.15) is 0 Å². The van der Waals surface area contributed by atoms with Gasteiger partial charge in [0, 0.05) is 5.56 Å². The first kappa shape index (κ1) is 20.3. The quantitative estimate of drug-likeness (QED) is 0.616. The van der Waals surface area contributed by atoms with Gasteiger partial charge in [0.15, 0.2) is 23.7 Å². The van der Waals surface area contributed by atoms with Gasteiger partial charge in [0.25, 0.3) is 0 Å². The number of aliphatic hydroxyl groups excluding tert-OH is 1. The third-order valence-electron chi connectivity index (χ3n) is 7.45. The number of aromatic hydroxyl groups is 1. The van der Waals surface area contributed by atoms with Gasteiger partial charge in [0.1, 0.15) is 11.9 Å². The molecule has 0 amide bonds. The Hall–Kier alpha value is -2.58. The summed E-state index contributed by atoms with van der Waals surface area (Å²) in [5, 5.41) is 31.7. The standard InChI is InChI=1S/C23H26O8/c1-11(24)20(26)29-12(2)21(27)30-16-7-9-23(28)14-4-3-8-22(23)17-13(10-14)5-6-15(25)18(17)31-19(16)22/h5-7,11-12,14,19,24-25,28H,3-4,8-10H2,1-2H3/t11-,12-,14+,19-,22-,23+/m0/s1. The van der Waals surface area contributed by atoms with Crippen molar-refractivity contribution in [3.63, 3.8) is 0 Å². The lowest BCUT2D eigenvalue weighted by molar-refractivity contribution is -0.174. The van der Waals surface area contributed by atoms with E-state index in [-0.39, 0.29) is 17.4 Å². The van der Waals surface area contributed by atoms with Crippen molar-refractivity contribution < 1.29 is 39.1 Å². The topological polar surface area (TPSA) is 123 Å². The Kier molecular flexibility index (Phi) is 4.40. The second kappa shape index (κ2) is 6.71. The average molecular weight is 430 g/mol. The maximum atomic E-state index is 12.6. The summed E-state index contributed by atoms with van der Waals surface area (Å²) < 4.78 is 16.7. The molecule has 8 heteroatoms. The Morgan fingerprint density at radius 3 is 2.77 bits per heavy atom. The van der Waals surface area contributed by atoms with Crippen LogP contribution in [-0.2, 0) is 30.9 Å². The van der Waals surface area contributed by atoms with E-state index in [1.165, 1.54) is 13.8 Å². The van der Waals surface area contributed by atoms with Crippen molar-refractivity contribution in [2.45, 2.75) is 75.3 Å². The molecule has 6 atom stereocenters. The largest absolute Gasteiger partial charge is 0.504 e. The number of ether oxygens (including phenoxy) is 3. The molecule has 1 saturated carbocycles. The summed E-state index contributed by atoms with van der Waals surface area (Å²) in [6.07, 6.45) is 1.79. The van der Waals surface area contributed by atoms with Crippen LogP contribution in [0.1, 0.15) is 50.7 Å². The Bertz CT molecular complexity index is 998. The van der Waals surface area contributed by atoms with E-state index in [4.69, 9.17) is 14.2 Å². The number of esters is 2. The molecule has 2 bridgehead atoms. The highest BCUT2D eigenvalue weighted by Gasteiger charge is 2.70. The number of phenols is 1. The van der Waals surface area contributed by atoms with Gasteiger partial charge in [-0.15, -0.1) is 0 Å². The van der Waals surface area contributed by atoms with E-state index in [0.717, 1.165) is 24.0 Å². The van der Waals surface area contributed by atoms with E-state index in [9.17, 15) is 24.9 Å². The van der Waals surface area contributed by atoms with E-state index >= 15 is 0 Å². The van der Waals surface area contributed by atoms with Crippen molar-refractivity contribution in [3.05, 3.63) is 35.1 Å². The van der Waals surface area contributed by atoms with Crippen LogP contribution >= 0.6 is 0 Å². The summed E-state index contributed by atoms with van der Waals surface area (Å²) in [7, 11) is 0. The Morgan fingerprint density at radius 2 is 2.03 bits per heavy atom. The number of aliphatic hydroxyl groups is 2. The zero-order valence-electron chi connectivity index (χ0n) is 17.5. The normalized spacial score (nSPS) is 34.0. The second-order valence-corrected chi connectivity index (χ2v) is 9.12.